The van der Waals surface area contributed by atoms with Crippen molar-refractivity contribution in [1.82, 2.24) is 0 Å². The van der Waals surface area contributed by atoms with E-state index in [1.807, 2.05) is 42.2 Å². The lowest BCUT2D eigenvalue weighted by Gasteiger charge is -2.25. The van der Waals surface area contributed by atoms with Crippen molar-refractivity contribution in [3.63, 3.8) is 0 Å². The van der Waals surface area contributed by atoms with E-state index in [-0.39, 0.29) is 17.2 Å². The molecular weight excluding hydrogens is 344 g/mol. The quantitative estimate of drug-likeness (QED) is 0.823. The van der Waals surface area contributed by atoms with Crippen LogP contribution in [-0.4, -0.2) is 17.6 Å². The van der Waals surface area contributed by atoms with Crippen LogP contribution in [0.25, 0.3) is 0 Å². The zero-order chi connectivity index (χ0) is 18.7. The van der Waals surface area contributed by atoms with Crippen LogP contribution in [-0.2, 0) is 9.59 Å². The van der Waals surface area contributed by atoms with Crippen molar-refractivity contribution in [3.8, 4) is 0 Å². The molecule has 1 saturated heterocycles. The second kappa shape index (κ2) is 7.96. The van der Waals surface area contributed by atoms with E-state index in [0.717, 1.165) is 23.4 Å². The summed E-state index contributed by atoms with van der Waals surface area (Å²) in [5.41, 5.74) is 5.11. The molecule has 136 valence electrons. The van der Waals surface area contributed by atoms with Gasteiger partial charge in [-0.3, -0.25) is 14.5 Å². The average molecular weight is 369 g/mol. The first-order valence-corrected chi connectivity index (χ1v) is 9.95. The van der Waals surface area contributed by atoms with Gasteiger partial charge in [-0.15, -0.1) is 11.8 Å². The van der Waals surface area contributed by atoms with E-state index >= 15 is 0 Å². The van der Waals surface area contributed by atoms with Crippen LogP contribution in [0.15, 0.2) is 42.5 Å². The Morgan fingerprint density at radius 3 is 2.73 bits per heavy atom. The lowest BCUT2D eigenvalue weighted by atomic mass is 10.1. The molecule has 0 spiro atoms. The molecule has 1 aliphatic rings. The first-order valence-electron chi connectivity index (χ1n) is 8.90. The second-order valence-electron chi connectivity index (χ2n) is 6.62. The zero-order valence-electron chi connectivity index (χ0n) is 15.4. The van der Waals surface area contributed by atoms with Crippen molar-refractivity contribution in [2.45, 2.75) is 39.0 Å². The first kappa shape index (κ1) is 18.5. The van der Waals surface area contributed by atoms with Crippen LogP contribution >= 0.6 is 11.8 Å². The maximum atomic E-state index is 12.5. The number of anilines is 2. The highest BCUT2D eigenvalue weighted by Gasteiger charge is 2.34. The highest BCUT2D eigenvalue weighted by molar-refractivity contribution is 8.00. The number of rotatable bonds is 5. The molecule has 1 fully saturated rings. The Labute approximate surface area is 159 Å². The third-order valence-electron chi connectivity index (χ3n) is 4.57. The van der Waals surface area contributed by atoms with Gasteiger partial charge in [0.2, 0.25) is 11.8 Å². The van der Waals surface area contributed by atoms with Gasteiger partial charge in [0.05, 0.1) is 5.75 Å². The molecule has 4 nitrogen and oxygen atoms in total. The van der Waals surface area contributed by atoms with Crippen molar-refractivity contribution >= 4 is 35.0 Å². The number of thioether (sulfide) groups is 1. The summed E-state index contributed by atoms with van der Waals surface area (Å²) in [6.07, 6.45) is 1.33. The molecule has 0 aliphatic carbocycles. The van der Waals surface area contributed by atoms with Crippen LogP contribution < -0.4 is 10.2 Å². The maximum Gasteiger partial charge on any atom is 0.238 e. The molecule has 0 radical (unpaired) electrons. The number of carbonyl (C=O) groups excluding carboxylic acids is 2. The van der Waals surface area contributed by atoms with E-state index in [4.69, 9.17) is 0 Å². The monoisotopic (exact) mass is 368 g/mol. The van der Waals surface area contributed by atoms with Gasteiger partial charge < -0.3 is 5.32 Å². The van der Waals surface area contributed by atoms with Crippen LogP contribution in [0, 0.1) is 13.8 Å². The van der Waals surface area contributed by atoms with Crippen LogP contribution in [0.1, 0.15) is 41.8 Å². The number of amides is 2. The van der Waals surface area contributed by atoms with Gasteiger partial charge >= 0.3 is 0 Å². The third-order valence-corrected chi connectivity index (χ3v) is 5.78. The molecule has 1 aliphatic heterocycles. The van der Waals surface area contributed by atoms with E-state index < -0.39 is 0 Å². The molecule has 1 N–H and O–H groups in total. The summed E-state index contributed by atoms with van der Waals surface area (Å²) in [7, 11) is 0. The smallest absolute Gasteiger partial charge is 0.238 e. The fourth-order valence-corrected chi connectivity index (χ4v) is 4.21. The molecule has 0 saturated carbocycles. The number of carbonyl (C=O) groups is 2. The van der Waals surface area contributed by atoms with Gasteiger partial charge in [0.1, 0.15) is 5.37 Å². The fraction of sp³-hybridized carbons (Fsp3) is 0.333. The van der Waals surface area contributed by atoms with Crippen LogP contribution in [0.5, 0.6) is 0 Å². The van der Waals surface area contributed by atoms with E-state index in [2.05, 4.69) is 31.3 Å². The topological polar surface area (TPSA) is 49.4 Å². The molecule has 26 heavy (non-hydrogen) atoms. The number of aryl methyl sites for hydroxylation is 2. The average Bonchev–Trinajstić information content (AvgIpc) is 2.99. The first-order chi connectivity index (χ1) is 12.5. The van der Waals surface area contributed by atoms with Crippen LogP contribution in [0.3, 0.4) is 0 Å². The number of benzene rings is 2. The Morgan fingerprint density at radius 2 is 2.00 bits per heavy atom. The maximum absolute atomic E-state index is 12.5. The summed E-state index contributed by atoms with van der Waals surface area (Å²) in [6, 6.07) is 13.9. The number of hydrogen-bond acceptors (Lipinski definition) is 3. The normalized spacial score (nSPS) is 16.8. The Balaban J connectivity index is 1.88. The lowest BCUT2D eigenvalue weighted by molar-refractivity contribution is -0.116. The molecule has 1 heterocycles. The summed E-state index contributed by atoms with van der Waals surface area (Å²) in [6.45, 7) is 6.11. The van der Waals surface area contributed by atoms with Gasteiger partial charge in [0, 0.05) is 17.8 Å². The highest BCUT2D eigenvalue weighted by atomic mass is 32.2. The van der Waals surface area contributed by atoms with Gasteiger partial charge in [0.15, 0.2) is 0 Å². The molecule has 2 amide bonds. The molecule has 0 aromatic heterocycles. The number of nitrogens with one attached hydrogen (secondary N) is 1. The van der Waals surface area contributed by atoms with Gasteiger partial charge in [-0.05, 0) is 61.2 Å². The SMILES string of the molecule is CCCC(=O)Nc1cccc(C2SCC(=O)N2c2ccc(C)c(C)c2)c1. The summed E-state index contributed by atoms with van der Waals surface area (Å²) in [5, 5.41) is 2.86. The van der Waals surface area contributed by atoms with Crippen LogP contribution in [0.4, 0.5) is 11.4 Å². The number of nitrogens with zero attached hydrogens (tertiary/aromatic N) is 1. The van der Waals surface area contributed by atoms with Crippen molar-refractivity contribution in [3.05, 3.63) is 59.2 Å². The Kier molecular flexibility index (Phi) is 5.67. The van der Waals surface area contributed by atoms with E-state index in [1.54, 1.807) is 11.8 Å². The van der Waals surface area contributed by atoms with E-state index in [0.29, 0.717) is 12.2 Å². The fourth-order valence-electron chi connectivity index (χ4n) is 3.05. The Bertz CT molecular complexity index is 835. The minimum absolute atomic E-state index is 0.0193. The summed E-state index contributed by atoms with van der Waals surface area (Å²) < 4.78 is 0. The molecule has 0 bridgehead atoms. The Morgan fingerprint density at radius 1 is 1.19 bits per heavy atom. The zero-order valence-corrected chi connectivity index (χ0v) is 16.2. The largest absolute Gasteiger partial charge is 0.326 e. The van der Waals surface area contributed by atoms with Gasteiger partial charge in [-0.1, -0.05) is 25.1 Å². The van der Waals surface area contributed by atoms with Crippen molar-refractivity contribution in [1.29, 1.82) is 0 Å². The summed E-state index contributed by atoms with van der Waals surface area (Å²) in [4.78, 5) is 26.3. The van der Waals surface area contributed by atoms with Crippen molar-refractivity contribution < 1.29 is 9.59 Å². The molecule has 2 aromatic rings. The summed E-state index contributed by atoms with van der Waals surface area (Å²) >= 11 is 1.62. The van der Waals surface area contributed by atoms with Gasteiger partial charge in [-0.2, -0.15) is 0 Å². The molecule has 1 unspecified atom stereocenters. The van der Waals surface area contributed by atoms with E-state index in [1.165, 1.54) is 11.1 Å². The molecule has 3 rings (SSSR count). The minimum Gasteiger partial charge on any atom is -0.326 e. The predicted octanol–water partition coefficient (Wildman–Crippen LogP) is 4.82. The Hall–Kier alpha value is -2.27. The predicted molar refractivity (Wildman–Crippen MR) is 109 cm³/mol. The lowest BCUT2D eigenvalue weighted by Crippen LogP contribution is -2.28. The standard InChI is InChI=1S/C21H24N2O2S/c1-4-6-19(24)22-17-8-5-7-16(12-17)21-23(20(25)13-26-21)18-10-9-14(2)15(3)11-18/h5,7-12,21H,4,6,13H2,1-3H3,(H,22,24). The molecule has 2 aromatic carbocycles. The third kappa shape index (κ3) is 3.93. The number of hydrogen-bond donors (Lipinski definition) is 1. The van der Waals surface area contributed by atoms with Gasteiger partial charge in [0.25, 0.3) is 0 Å². The summed E-state index contributed by atoms with van der Waals surface area (Å²) in [5.74, 6) is 0.596. The van der Waals surface area contributed by atoms with Crippen LogP contribution in [0.2, 0.25) is 0 Å². The van der Waals surface area contributed by atoms with E-state index in [9.17, 15) is 9.59 Å². The van der Waals surface area contributed by atoms with Crippen molar-refractivity contribution in [2.24, 2.45) is 0 Å². The second-order valence-corrected chi connectivity index (χ2v) is 7.69. The molecule has 1 atom stereocenters. The molecule has 5 heteroatoms. The van der Waals surface area contributed by atoms with Gasteiger partial charge in [-0.25, -0.2) is 0 Å². The van der Waals surface area contributed by atoms with Crippen molar-refractivity contribution in [2.75, 3.05) is 16.0 Å². The molecular formula is C21H24N2O2S. The highest BCUT2D eigenvalue weighted by Crippen LogP contribution is 2.42. The minimum atomic E-state index is -0.0763.